The number of imidazole rings is 1. The molecular formula is C20H23N3O2. The Bertz CT molecular complexity index is 894. The van der Waals surface area contributed by atoms with Gasteiger partial charge in [0.1, 0.15) is 5.65 Å². The molecule has 3 aromatic rings. The number of carbonyl (C=O) groups is 1. The van der Waals surface area contributed by atoms with Crippen LogP contribution in [0.2, 0.25) is 0 Å². The van der Waals surface area contributed by atoms with E-state index in [9.17, 15) is 4.79 Å². The van der Waals surface area contributed by atoms with Crippen LogP contribution in [-0.2, 0) is 9.53 Å². The molecule has 0 aliphatic carbocycles. The smallest absolute Gasteiger partial charge is 0.307 e. The average Bonchev–Trinajstić information content (AvgIpc) is 3.02. The van der Waals surface area contributed by atoms with Gasteiger partial charge in [-0.2, -0.15) is 0 Å². The van der Waals surface area contributed by atoms with Crippen molar-refractivity contribution < 1.29 is 9.53 Å². The molecular weight excluding hydrogens is 314 g/mol. The molecule has 0 aliphatic rings. The number of fused-ring (bicyclic) bond motifs is 1. The number of pyridine rings is 1. The van der Waals surface area contributed by atoms with E-state index in [1.165, 1.54) is 16.7 Å². The summed E-state index contributed by atoms with van der Waals surface area (Å²) >= 11 is 0. The summed E-state index contributed by atoms with van der Waals surface area (Å²) in [5, 5.41) is 0. The van der Waals surface area contributed by atoms with Crippen LogP contribution < -0.4 is 5.73 Å². The molecule has 5 heteroatoms. The third-order valence-electron chi connectivity index (χ3n) is 4.38. The van der Waals surface area contributed by atoms with Crippen molar-refractivity contribution in [1.82, 2.24) is 9.38 Å². The average molecular weight is 337 g/mol. The number of ether oxygens (including phenoxy) is 1. The van der Waals surface area contributed by atoms with Crippen LogP contribution in [0.1, 0.15) is 36.1 Å². The fraction of sp³-hybridized carbons (Fsp3) is 0.300. The molecule has 5 nitrogen and oxygen atoms in total. The Balaban J connectivity index is 2.10. The van der Waals surface area contributed by atoms with Gasteiger partial charge < -0.3 is 14.9 Å². The van der Waals surface area contributed by atoms with Gasteiger partial charge in [-0.1, -0.05) is 18.2 Å². The molecule has 1 atom stereocenters. The fourth-order valence-electron chi connectivity index (χ4n) is 3.25. The number of rotatable bonds is 5. The van der Waals surface area contributed by atoms with E-state index in [-0.39, 0.29) is 12.4 Å². The van der Waals surface area contributed by atoms with Gasteiger partial charge in [0.05, 0.1) is 13.0 Å². The highest BCUT2D eigenvalue weighted by Crippen LogP contribution is 2.31. The van der Waals surface area contributed by atoms with Crippen molar-refractivity contribution in [3.63, 3.8) is 0 Å². The highest BCUT2D eigenvalue weighted by Gasteiger charge is 2.18. The first kappa shape index (κ1) is 17.2. The Morgan fingerprint density at radius 3 is 2.72 bits per heavy atom. The number of hydrogen-bond acceptors (Lipinski definition) is 4. The zero-order valence-electron chi connectivity index (χ0n) is 14.8. The molecule has 25 heavy (non-hydrogen) atoms. The Kier molecular flexibility index (Phi) is 4.86. The van der Waals surface area contributed by atoms with Crippen molar-refractivity contribution in [1.29, 1.82) is 0 Å². The Hall–Kier alpha value is -2.66. The second-order valence-corrected chi connectivity index (χ2v) is 6.22. The van der Waals surface area contributed by atoms with E-state index >= 15 is 0 Å². The largest absolute Gasteiger partial charge is 0.466 e. The van der Waals surface area contributed by atoms with E-state index in [2.05, 4.69) is 43.2 Å². The molecule has 1 aromatic carbocycles. The number of hydrogen-bond donors (Lipinski definition) is 1. The topological polar surface area (TPSA) is 69.6 Å². The SMILES string of the molecule is CCOC(=O)CC(N)c1cc(-c2c(C)cccc2C)cn2ccnc12. The minimum absolute atomic E-state index is 0.132. The molecule has 0 saturated heterocycles. The summed E-state index contributed by atoms with van der Waals surface area (Å²) in [6, 6.07) is 7.82. The molecule has 0 fully saturated rings. The summed E-state index contributed by atoms with van der Waals surface area (Å²) in [5.41, 5.74) is 12.6. The molecule has 2 N–H and O–H groups in total. The summed E-state index contributed by atoms with van der Waals surface area (Å²) in [4.78, 5) is 16.2. The Morgan fingerprint density at radius 1 is 1.32 bits per heavy atom. The molecule has 3 rings (SSSR count). The van der Waals surface area contributed by atoms with Gasteiger partial charge in [0.2, 0.25) is 0 Å². The van der Waals surface area contributed by atoms with Crippen molar-refractivity contribution >= 4 is 11.6 Å². The summed E-state index contributed by atoms with van der Waals surface area (Å²) < 4.78 is 6.99. The van der Waals surface area contributed by atoms with Gasteiger partial charge in [-0.05, 0) is 49.1 Å². The molecule has 0 aliphatic heterocycles. The number of benzene rings is 1. The first-order chi connectivity index (χ1) is 12.0. The zero-order valence-corrected chi connectivity index (χ0v) is 14.8. The van der Waals surface area contributed by atoms with Gasteiger partial charge in [-0.15, -0.1) is 0 Å². The third-order valence-corrected chi connectivity index (χ3v) is 4.38. The van der Waals surface area contributed by atoms with E-state index in [1.54, 1.807) is 13.1 Å². The fourth-order valence-corrected chi connectivity index (χ4v) is 3.25. The van der Waals surface area contributed by atoms with Crippen molar-refractivity contribution in [3.05, 3.63) is 59.5 Å². The van der Waals surface area contributed by atoms with Crippen molar-refractivity contribution in [3.8, 4) is 11.1 Å². The third kappa shape index (κ3) is 3.42. The maximum Gasteiger partial charge on any atom is 0.307 e. The standard InChI is InChI=1S/C20H23N3O2/c1-4-25-18(24)11-17(21)16-10-15(12-23-9-8-22-20(16)23)19-13(2)6-5-7-14(19)3/h5-10,12,17H,4,11,21H2,1-3H3. The van der Waals surface area contributed by atoms with Crippen molar-refractivity contribution in [2.75, 3.05) is 6.61 Å². The summed E-state index contributed by atoms with van der Waals surface area (Å²) in [6.07, 6.45) is 5.82. The minimum atomic E-state index is -0.465. The van der Waals surface area contributed by atoms with Crippen LogP contribution in [-0.4, -0.2) is 22.0 Å². The maximum atomic E-state index is 11.8. The van der Waals surface area contributed by atoms with Gasteiger partial charge in [0.15, 0.2) is 0 Å². The van der Waals surface area contributed by atoms with E-state index in [4.69, 9.17) is 10.5 Å². The van der Waals surface area contributed by atoms with Crippen molar-refractivity contribution in [2.24, 2.45) is 5.73 Å². The summed E-state index contributed by atoms with van der Waals surface area (Å²) in [7, 11) is 0. The zero-order chi connectivity index (χ0) is 18.0. The van der Waals surface area contributed by atoms with E-state index in [0.29, 0.717) is 6.61 Å². The van der Waals surface area contributed by atoms with Crippen LogP contribution in [0, 0.1) is 13.8 Å². The highest BCUT2D eigenvalue weighted by atomic mass is 16.5. The Labute approximate surface area is 147 Å². The van der Waals surface area contributed by atoms with E-state index in [0.717, 1.165) is 16.8 Å². The molecule has 0 amide bonds. The van der Waals surface area contributed by atoms with Crippen LogP contribution >= 0.6 is 0 Å². The van der Waals surface area contributed by atoms with Crippen LogP contribution in [0.4, 0.5) is 0 Å². The van der Waals surface area contributed by atoms with Gasteiger partial charge >= 0.3 is 5.97 Å². The summed E-state index contributed by atoms with van der Waals surface area (Å²) in [6.45, 7) is 6.34. The van der Waals surface area contributed by atoms with Crippen LogP contribution in [0.5, 0.6) is 0 Å². The van der Waals surface area contributed by atoms with Crippen LogP contribution in [0.3, 0.4) is 0 Å². The molecule has 0 spiro atoms. The Morgan fingerprint density at radius 2 is 2.04 bits per heavy atom. The molecule has 130 valence electrons. The molecule has 2 heterocycles. The van der Waals surface area contributed by atoms with E-state index < -0.39 is 6.04 Å². The lowest BCUT2D eigenvalue weighted by atomic mass is 9.94. The molecule has 2 aromatic heterocycles. The quantitative estimate of drug-likeness (QED) is 0.723. The predicted octanol–water partition coefficient (Wildman–Crippen LogP) is 3.57. The van der Waals surface area contributed by atoms with Gasteiger partial charge in [0.25, 0.3) is 0 Å². The predicted molar refractivity (Wildman–Crippen MR) is 98.3 cm³/mol. The minimum Gasteiger partial charge on any atom is -0.466 e. The van der Waals surface area contributed by atoms with Gasteiger partial charge in [0, 0.05) is 30.2 Å². The van der Waals surface area contributed by atoms with E-state index in [1.807, 2.05) is 16.7 Å². The monoisotopic (exact) mass is 337 g/mol. The summed E-state index contributed by atoms with van der Waals surface area (Å²) in [5.74, 6) is -0.294. The van der Waals surface area contributed by atoms with Crippen LogP contribution in [0.15, 0.2) is 42.9 Å². The highest BCUT2D eigenvalue weighted by molar-refractivity contribution is 5.75. The molecule has 0 saturated carbocycles. The number of aryl methyl sites for hydroxylation is 2. The van der Waals surface area contributed by atoms with Crippen molar-refractivity contribution in [2.45, 2.75) is 33.2 Å². The van der Waals surface area contributed by atoms with Crippen LogP contribution in [0.25, 0.3) is 16.8 Å². The lowest BCUT2D eigenvalue weighted by molar-refractivity contribution is -0.143. The number of aromatic nitrogens is 2. The maximum absolute atomic E-state index is 11.8. The number of nitrogens with zero attached hydrogens (tertiary/aromatic N) is 2. The molecule has 0 bridgehead atoms. The number of nitrogens with two attached hydrogens (primary N) is 1. The van der Waals surface area contributed by atoms with Gasteiger partial charge in [-0.3, -0.25) is 4.79 Å². The second kappa shape index (κ2) is 7.07. The first-order valence-corrected chi connectivity index (χ1v) is 8.45. The first-order valence-electron chi connectivity index (χ1n) is 8.45. The number of carbonyl (C=O) groups excluding carboxylic acids is 1. The number of esters is 1. The second-order valence-electron chi connectivity index (χ2n) is 6.22. The molecule has 1 unspecified atom stereocenters. The van der Waals surface area contributed by atoms with Gasteiger partial charge in [-0.25, -0.2) is 4.98 Å². The lowest BCUT2D eigenvalue weighted by Gasteiger charge is -2.16. The molecule has 0 radical (unpaired) electrons. The normalized spacial score (nSPS) is 12.3. The lowest BCUT2D eigenvalue weighted by Crippen LogP contribution is -2.18.